The zero-order valence-corrected chi connectivity index (χ0v) is 11.8. The van der Waals surface area contributed by atoms with Gasteiger partial charge in [-0.1, -0.05) is 51.8 Å². The molecule has 2 atom stereocenters. The molecule has 1 heteroatoms. The van der Waals surface area contributed by atoms with Crippen LogP contribution in [0.15, 0.2) is 23.8 Å². The summed E-state index contributed by atoms with van der Waals surface area (Å²) in [4.78, 5) is 0. The van der Waals surface area contributed by atoms with Crippen molar-refractivity contribution >= 4 is 0 Å². The lowest BCUT2D eigenvalue weighted by atomic mass is 9.85. The van der Waals surface area contributed by atoms with E-state index in [4.69, 9.17) is 0 Å². The third-order valence-corrected chi connectivity index (χ3v) is 3.50. The smallest absolute Gasteiger partial charge is 0.0133 e. The predicted octanol–water partition coefficient (Wildman–Crippen LogP) is 4.70. The van der Waals surface area contributed by atoms with Gasteiger partial charge in [-0.05, 0) is 43.7 Å². The van der Waals surface area contributed by atoms with Crippen molar-refractivity contribution in [1.29, 1.82) is 0 Å². The van der Waals surface area contributed by atoms with Crippen LogP contribution in [0.25, 0.3) is 0 Å². The summed E-state index contributed by atoms with van der Waals surface area (Å²) in [5.41, 5.74) is 1.55. The summed E-state index contributed by atoms with van der Waals surface area (Å²) in [6.45, 7) is 7.83. The Morgan fingerprint density at radius 2 is 2.12 bits per heavy atom. The lowest BCUT2D eigenvalue weighted by molar-refractivity contribution is 0.339. The zero-order valence-electron chi connectivity index (χ0n) is 11.8. The molecule has 0 aromatic heterocycles. The van der Waals surface area contributed by atoms with E-state index in [2.05, 4.69) is 44.3 Å². The van der Waals surface area contributed by atoms with Gasteiger partial charge in [-0.3, -0.25) is 0 Å². The number of hydrogen-bond donors (Lipinski definition) is 1. The molecule has 1 heterocycles. The molecule has 2 rings (SSSR count). The molecule has 0 bridgehead atoms. The minimum Gasteiger partial charge on any atom is -0.313 e. The Hall–Kier alpha value is -0.560. The van der Waals surface area contributed by atoms with Gasteiger partial charge in [0.2, 0.25) is 0 Å². The van der Waals surface area contributed by atoms with E-state index >= 15 is 0 Å². The van der Waals surface area contributed by atoms with E-state index in [-0.39, 0.29) is 1.43 Å². The molecule has 0 amide bonds. The summed E-state index contributed by atoms with van der Waals surface area (Å²) >= 11 is 0. The summed E-state index contributed by atoms with van der Waals surface area (Å²) < 4.78 is 0. The molecule has 1 aliphatic carbocycles. The van der Waals surface area contributed by atoms with Crippen molar-refractivity contribution in [3.8, 4) is 0 Å². The predicted molar refractivity (Wildman–Crippen MR) is 79.3 cm³/mol. The van der Waals surface area contributed by atoms with Crippen LogP contribution in [-0.2, 0) is 0 Å². The fourth-order valence-corrected chi connectivity index (χ4v) is 2.51. The maximum Gasteiger partial charge on any atom is 0.0133 e. The maximum atomic E-state index is 3.64. The van der Waals surface area contributed by atoms with E-state index < -0.39 is 0 Å². The first kappa shape index (κ1) is 14.5. The Labute approximate surface area is 109 Å². The Morgan fingerprint density at radius 3 is 2.65 bits per heavy atom. The molecule has 2 aliphatic rings. The minimum absolute atomic E-state index is 0. The second-order valence-corrected chi connectivity index (χ2v) is 5.24. The van der Waals surface area contributed by atoms with Gasteiger partial charge < -0.3 is 5.32 Å². The normalized spacial score (nSPS) is 25.6. The van der Waals surface area contributed by atoms with Gasteiger partial charge in [-0.2, -0.15) is 0 Å². The van der Waals surface area contributed by atoms with E-state index in [9.17, 15) is 0 Å². The van der Waals surface area contributed by atoms with Gasteiger partial charge in [-0.15, -0.1) is 0 Å². The molecule has 1 N–H and O–H groups in total. The van der Waals surface area contributed by atoms with Crippen molar-refractivity contribution in [2.45, 2.75) is 65.3 Å². The van der Waals surface area contributed by atoms with E-state index in [0.29, 0.717) is 5.92 Å². The highest BCUT2D eigenvalue weighted by Crippen LogP contribution is 2.25. The number of rotatable bonds is 2. The molecule has 0 saturated carbocycles. The zero-order chi connectivity index (χ0) is 12.5. The summed E-state index contributed by atoms with van der Waals surface area (Å²) in [5, 5.41) is 3.64. The first-order valence-corrected chi connectivity index (χ1v) is 7.39. The standard InChI is InChI=1S/C13H21N.C3H8.H2/c1-11(12-7-3-2-4-8-12)13-9-5-6-10-14-13;1-3-2;/h3,7-8,11,13-14H,2,4-6,9-10H2,1H3;3H2,1-2H3;1H. The average molecular weight is 237 g/mol. The van der Waals surface area contributed by atoms with Crippen LogP contribution < -0.4 is 5.32 Å². The number of nitrogens with one attached hydrogen (secondary N) is 1. The molecule has 2 unspecified atom stereocenters. The van der Waals surface area contributed by atoms with Crippen molar-refractivity contribution in [2.75, 3.05) is 6.54 Å². The highest BCUT2D eigenvalue weighted by atomic mass is 14.9. The quantitative estimate of drug-likeness (QED) is 0.734. The molecule has 0 spiro atoms. The first-order valence-electron chi connectivity index (χ1n) is 7.39. The van der Waals surface area contributed by atoms with Gasteiger partial charge in [0.25, 0.3) is 0 Å². The van der Waals surface area contributed by atoms with Crippen molar-refractivity contribution in [3.05, 3.63) is 23.8 Å². The summed E-state index contributed by atoms with van der Waals surface area (Å²) in [6, 6.07) is 0.720. The number of hydrogen-bond acceptors (Lipinski definition) is 1. The van der Waals surface area contributed by atoms with Crippen LogP contribution in [0.3, 0.4) is 0 Å². The molecule has 1 nitrogen and oxygen atoms in total. The molecule has 100 valence electrons. The minimum atomic E-state index is 0. The van der Waals surface area contributed by atoms with Crippen molar-refractivity contribution in [1.82, 2.24) is 5.32 Å². The number of piperidine rings is 1. The second kappa shape index (κ2) is 8.52. The highest BCUT2D eigenvalue weighted by molar-refractivity contribution is 5.25. The molecular weight excluding hydrogens is 206 g/mol. The molecule has 17 heavy (non-hydrogen) atoms. The van der Waals surface area contributed by atoms with Crippen LogP contribution in [0.4, 0.5) is 0 Å². The van der Waals surface area contributed by atoms with Gasteiger partial charge in [0.1, 0.15) is 0 Å². The lowest BCUT2D eigenvalue weighted by Gasteiger charge is -2.30. The second-order valence-electron chi connectivity index (χ2n) is 5.24. The topological polar surface area (TPSA) is 12.0 Å². The summed E-state index contributed by atoms with van der Waals surface area (Å²) in [7, 11) is 0. The number of allylic oxidation sites excluding steroid dienone is 3. The average Bonchev–Trinajstić information content (AvgIpc) is 2.41. The van der Waals surface area contributed by atoms with Crippen molar-refractivity contribution < 1.29 is 1.43 Å². The van der Waals surface area contributed by atoms with Crippen LogP contribution in [-0.4, -0.2) is 12.6 Å². The van der Waals surface area contributed by atoms with E-state index in [1.165, 1.54) is 45.1 Å². The Balaban J connectivity index is 0.000000660. The molecule has 1 saturated heterocycles. The first-order chi connectivity index (χ1) is 8.29. The van der Waals surface area contributed by atoms with Gasteiger partial charge in [-0.25, -0.2) is 0 Å². The van der Waals surface area contributed by atoms with E-state index in [1.54, 1.807) is 5.57 Å². The Morgan fingerprint density at radius 1 is 1.35 bits per heavy atom. The van der Waals surface area contributed by atoms with Gasteiger partial charge in [0.05, 0.1) is 0 Å². The monoisotopic (exact) mass is 237 g/mol. The van der Waals surface area contributed by atoms with Crippen LogP contribution in [0.5, 0.6) is 0 Å². The largest absolute Gasteiger partial charge is 0.313 e. The molecular formula is C16H31N. The highest BCUT2D eigenvalue weighted by Gasteiger charge is 2.21. The summed E-state index contributed by atoms with van der Waals surface area (Å²) in [5.74, 6) is 0.701. The SMILES string of the molecule is CC(C1=CCCC=C1)C1CCCCN1.CCC.[HH]. The van der Waals surface area contributed by atoms with Crippen molar-refractivity contribution in [3.63, 3.8) is 0 Å². The van der Waals surface area contributed by atoms with Gasteiger partial charge in [0.15, 0.2) is 0 Å². The fraction of sp³-hybridized carbons (Fsp3) is 0.750. The van der Waals surface area contributed by atoms with Crippen LogP contribution in [0.2, 0.25) is 0 Å². The van der Waals surface area contributed by atoms with Crippen LogP contribution in [0.1, 0.15) is 60.7 Å². The maximum absolute atomic E-state index is 3.64. The van der Waals surface area contributed by atoms with Crippen LogP contribution in [0, 0.1) is 5.92 Å². The molecule has 0 aromatic carbocycles. The van der Waals surface area contributed by atoms with Gasteiger partial charge >= 0.3 is 0 Å². The third kappa shape index (κ3) is 5.08. The Kier molecular flexibility index (Phi) is 7.27. The summed E-state index contributed by atoms with van der Waals surface area (Å²) in [6.07, 6.45) is 14.9. The third-order valence-electron chi connectivity index (χ3n) is 3.50. The van der Waals surface area contributed by atoms with Gasteiger partial charge in [0, 0.05) is 7.47 Å². The van der Waals surface area contributed by atoms with Crippen molar-refractivity contribution in [2.24, 2.45) is 5.92 Å². The Bertz CT molecular complexity index is 252. The van der Waals surface area contributed by atoms with E-state index in [0.717, 1.165) is 6.04 Å². The molecule has 0 radical (unpaired) electrons. The molecule has 1 fully saturated rings. The van der Waals surface area contributed by atoms with Crippen LogP contribution >= 0.6 is 0 Å². The fourth-order valence-electron chi connectivity index (χ4n) is 2.51. The van der Waals surface area contributed by atoms with E-state index in [1.807, 2.05) is 0 Å². The molecule has 0 aromatic rings. The molecule has 1 aliphatic heterocycles. The lowest BCUT2D eigenvalue weighted by Crippen LogP contribution is -2.39.